The second-order valence-corrected chi connectivity index (χ2v) is 5.48. The highest BCUT2D eigenvalue weighted by Crippen LogP contribution is 2.20. The van der Waals surface area contributed by atoms with Gasteiger partial charge in [-0.1, -0.05) is 12.2 Å². The number of fused-ring (bicyclic) bond motifs is 1. The number of carbonyl (C=O) groups is 2. The molecule has 1 aliphatic heterocycles. The highest BCUT2D eigenvalue weighted by atomic mass is 16.4. The third-order valence-corrected chi connectivity index (χ3v) is 3.91. The summed E-state index contributed by atoms with van der Waals surface area (Å²) in [5.41, 5.74) is 1.29. The first-order valence-electron chi connectivity index (χ1n) is 7.56. The van der Waals surface area contributed by atoms with Crippen molar-refractivity contribution in [3.63, 3.8) is 0 Å². The van der Waals surface area contributed by atoms with Gasteiger partial charge < -0.3 is 10.1 Å². The van der Waals surface area contributed by atoms with E-state index in [2.05, 4.69) is 10.1 Å². The number of benzene rings is 1. The zero-order valence-corrected chi connectivity index (χ0v) is 13.6. The fourth-order valence-electron chi connectivity index (χ4n) is 2.62. The molecular weight excluding hydrogens is 322 g/mol. The van der Waals surface area contributed by atoms with Crippen LogP contribution in [0.3, 0.4) is 0 Å². The molecule has 0 unspecified atom stereocenters. The molecule has 7 nitrogen and oxygen atoms in total. The van der Waals surface area contributed by atoms with Crippen molar-refractivity contribution < 1.29 is 14.7 Å². The molecule has 126 valence electrons. The maximum Gasteiger partial charge on any atom is 0.335 e. The Bertz CT molecular complexity index is 1080. The van der Waals surface area contributed by atoms with Crippen molar-refractivity contribution in [1.82, 2.24) is 4.98 Å². The van der Waals surface area contributed by atoms with Crippen LogP contribution in [0.5, 0.6) is 0 Å². The van der Waals surface area contributed by atoms with Crippen molar-refractivity contribution >= 4 is 23.6 Å². The number of aromatic nitrogens is 1. The van der Waals surface area contributed by atoms with Gasteiger partial charge in [-0.25, -0.2) is 4.79 Å². The number of allylic oxidation sites excluding steroid dienone is 2. The Hall–Kier alpha value is -3.48. The number of anilines is 1. The molecule has 0 saturated carbocycles. The number of amides is 1. The highest BCUT2D eigenvalue weighted by Gasteiger charge is 2.28. The molecule has 0 aliphatic carbocycles. The topological polar surface area (TPSA) is 103 Å². The lowest BCUT2D eigenvalue weighted by molar-refractivity contribution is 0.0696. The van der Waals surface area contributed by atoms with Crippen LogP contribution in [-0.4, -0.2) is 22.0 Å². The molecule has 0 fully saturated rings. The Morgan fingerprint density at radius 2 is 1.92 bits per heavy atom. The molecule has 2 heterocycles. The molecule has 0 spiro atoms. The quantitative estimate of drug-likeness (QED) is 0.870. The number of pyridine rings is 1. The summed E-state index contributed by atoms with van der Waals surface area (Å²) >= 11 is 0. The van der Waals surface area contributed by atoms with Gasteiger partial charge in [0.15, 0.2) is 5.49 Å². The SMILES string of the molecule is CC=CC=c1c(C)c2c([nH]c1=O)=NN(c1ccc(C(=O)O)cc1)C2=O. The summed E-state index contributed by atoms with van der Waals surface area (Å²) < 4.78 is 0. The number of aromatic amines is 1. The first-order valence-corrected chi connectivity index (χ1v) is 7.56. The smallest absolute Gasteiger partial charge is 0.335 e. The molecule has 25 heavy (non-hydrogen) atoms. The molecule has 3 rings (SSSR count). The normalized spacial score (nSPS) is 14.1. The molecule has 7 heteroatoms. The third-order valence-electron chi connectivity index (χ3n) is 3.91. The van der Waals surface area contributed by atoms with Crippen LogP contribution in [0.1, 0.15) is 33.2 Å². The Kier molecular flexibility index (Phi) is 4.06. The molecule has 1 aliphatic rings. The lowest BCUT2D eigenvalue weighted by Crippen LogP contribution is -2.38. The van der Waals surface area contributed by atoms with E-state index in [9.17, 15) is 14.4 Å². The minimum Gasteiger partial charge on any atom is -0.478 e. The Labute approximate surface area is 142 Å². The number of H-pyrrole nitrogens is 1. The van der Waals surface area contributed by atoms with Crippen LogP contribution in [0, 0.1) is 6.92 Å². The predicted molar refractivity (Wildman–Crippen MR) is 92.1 cm³/mol. The molecule has 1 aromatic heterocycles. The van der Waals surface area contributed by atoms with Crippen LogP contribution in [0.25, 0.3) is 6.08 Å². The Morgan fingerprint density at radius 1 is 1.24 bits per heavy atom. The second-order valence-electron chi connectivity index (χ2n) is 5.48. The number of carboxylic acids is 1. The van der Waals surface area contributed by atoms with Gasteiger partial charge in [0.1, 0.15) is 0 Å². The van der Waals surface area contributed by atoms with E-state index in [-0.39, 0.29) is 22.5 Å². The minimum absolute atomic E-state index is 0.112. The molecule has 0 radical (unpaired) electrons. The van der Waals surface area contributed by atoms with E-state index in [1.54, 1.807) is 25.2 Å². The fraction of sp³-hybridized carbons (Fsp3) is 0.111. The summed E-state index contributed by atoms with van der Waals surface area (Å²) in [6.45, 7) is 3.53. The summed E-state index contributed by atoms with van der Waals surface area (Å²) in [5, 5.41) is 14.7. The van der Waals surface area contributed by atoms with E-state index < -0.39 is 5.97 Å². The lowest BCUT2D eigenvalue weighted by Gasteiger charge is -2.12. The largest absolute Gasteiger partial charge is 0.478 e. The molecule has 0 saturated heterocycles. The average molecular weight is 337 g/mol. The number of nitrogens with one attached hydrogen (secondary N) is 1. The molecule has 0 atom stereocenters. The average Bonchev–Trinajstić information content (AvgIpc) is 2.91. The van der Waals surface area contributed by atoms with Crippen LogP contribution >= 0.6 is 0 Å². The predicted octanol–water partition coefficient (Wildman–Crippen LogP) is 0.933. The van der Waals surface area contributed by atoms with Crippen molar-refractivity contribution in [3.8, 4) is 0 Å². The van der Waals surface area contributed by atoms with Gasteiger partial charge in [0.2, 0.25) is 0 Å². The van der Waals surface area contributed by atoms with E-state index in [0.29, 0.717) is 22.0 Å². The van der Waals surface area contributed by atoms with E-state index in [4.69, 9.17) is 5.11 Å². The molecule has 1 amide bonds. The molecule has 0 bridgehead atoms. The summed E-state index contributed by atoms with van der Waals surface area (Å²) in [5.74, 6) is -1.43. The standard InChI is InChI=1S/C18H15N3O4/c1-3-4-5-13-10(2)14-15(19-16(13)22)20-21(17(14)23)12-8-6-11(7-9-12)18(24)25/h3-9H,1-2H3,(H,24,25)(H,19,20,22). The summed E-state index contributed by atoms with van der Waals surface area (Å²) in [6, 6.07) is 5.78. The van der Waals surface area contributed by atoms with Crippen molar-refractivity contribution in [2.45, 2.75) is 13.8 Å². The molecular formula is C18H15N3O4. The van der Waals surface area contributed by atoms with Crippen LogP contribution < -0.4 is 21.3 Å². The lowest BCUT2D eigenvalue weighted by atomic mass is 10.1. The number of aromatic carboxylic acids is 1. The van der Waals surface area contributed by atoms with Gasteiger partial charge in [0, 0.05) is 5.22 Å². The van der Waals surface area contributed by atoms with Crippen molar-refractivity contribution in [1.29, 1.82) is 0 Å². The number of rotatable bonds is 3. The number of hydrogen-bond donors (Lipinski definition) is 2. The van der Waals surface area contributed by atoms with Crippen LogP contribution in [0.4, 0.5) is 5.69 Å². The number of hydrogen-bond acceptors (Lipinski definition) is 4. The molecule has 2 N–H and O–H groups in total. The van der Waals surface area contributed by atoms with Crippen molar-refractivity contribution in [2.75, 3.05) is 5.01 Å². The van der Waals surface area contributed by atoms with Gasteiger partial charge in [0.25, 0.3) is 11.5 Å². The van der Waals surface area contributed by atoms with Gasteiger partial charge >= 0.3 is 5.97 Å². The van der Waals surface area contributed by atoms with Crippen LogP contribution in [0.15, 0.2) is 46.3 Å². The molecule has 2 aromatic rings. The number of carboxylic acid groups (broad SMARTS) is 1. The second kappa shape index (κ2) is 6.20. The maximum absolute atomic E-state index is 12.7. The van der Waals surface area contributed by atoms with Gasteiger partial charge in [-0.05, 0) is 49.8 Å². The van der Waals surface area contributed by atoms with E-state index >= 15 is 0 Å². The van der Waals surface area contributed by atoms with Gasteiger partial charge in [0.05, 0.1) is 16.8 Å². The fourth-order valence-corrected chi connectivity index (χ4v) is 2.62. The van der Waals surface area contributed by atoms with Gasteiger partial charge in [-0.2, -0.15) is 5.01 Å². The first kappa shape index (κ1) is 16.4. The summed E-state index contributed by atoms with van der Waals surface area (Å²) in [7, 11) is 0. The van der Waals surface area contributed by atoms with E-state index in [0.717, 1.165) is 5.01 Å². The number of carbonyl (C=O) groups excluding carboxylic acids is 1. The Balaban J connectivity index is 2.11. The zero-order valence-electron chi connectivity index (χ0n) is 13.6. The zero-order chi connectivity index (χ0) is 18.1. The van der Waals surface area contributed by atoms with Crippen LogP contribution in [-0.2, 0) is 0 Å². The summed E-state index contributed by atoms with van der Waals surface area (Å²) in [4.78, 5) is 38.5. The van der Waals surface area contributed by atoms with Crippen molar-refractivity contribution in [3.05, 3.63) is 74.2 Å². The maximum atomic E-state index is 12.7. The monoisotopic (exact) mass is 337 g/mol. The Morgan fingerprint density at radius 3 is 2.52 bits per heavy atom. The minimum atomic E-state index is -1.05. The van der Waals surface area contributed by atoms with E-state index in [1.807, 2.05) is 6.92 Å². The van der Waals surface area contributed by atoms with Crippen molar-refractivity contribution in [2.24, 2.45) is 5.10 Å². The molecule has 1 aromatic carbocycles. The van der Waals surface area contributed by atoms with Gasteiger partial charge in [-0.15, -0.1) is 5.10 Å². The van der Waals surface area contributed by atoms with E-state index in [1.165, 1.54) is 24.3 Å². The third kappa shape index (κ3) is 2.76. The van der Waals surface area contributed by atoms with Gasteiger partial charge in [-0.3, -0.25) is 9.59 Å². The number of nitrogens with zero attached hydrogens (tertiary/aromatic N) is 2. The first-order chi connectivity index (χ1) is 11.9. The highest BCUT2D eigenvalue weighted by molar-refractivity contribution is 6.08. The van der Waals surface area contributed by atoms with Crippen LogP contribution in [0.2, 0.25) is 0 Å². The summed E-state index contributed by atoms with van der Waals surface area (Å²) in [6.07, 6.45) is 5.16.